The zero-order chi connectivity index (χ0) is 31.6. The number of hydrogen-bond acceptors (Lipinski definition) is 1. The molecule has 4 fully saturated rings. The van der Waals surface area contributed by atoms with Gasteiger partial charge in [0.2, 0.25) is 0 Å². The van der Waals surface area contributed by atoms with Gasteiger partial charge in [-0.25, -0.2) is 12.1 Å². The molecule has 264 valence electrons. The van der Waals surface area contributed by atoms with Gasteiger partial charge in [-0.2, -0.15) is 6.07 Å². The summed E-state index contributed by atoms with van der Waals surface area (Å²) >= 11 is 0. The summed E-state index contributed by atoms with van der Waals surface area (Å²) in [6.07, 6.45) is 29.5. The number of benzene rings is 1. The minimum absolute atomic E-state index is 0. The molecule has 3 aromatic rings. The van der Waals surface area contributed by atoms with Crippen LogP contribution in [0.5, 0.6) is 0 Å². The van der Waals surface area contributed by atoms with E-state index in [1.165, 1.54) is 128 Å². The molecule has 4 aliphatic carbocycles. The van der Waals surface area contributed by atoms with Crippen LogP contribution in [-0.2, 0) is 17.1 Å². The summed E-state index contributed by atoms with van der Waals surface area (Å²) in [6.45, 7) is 0. The van der Waals surface area contributed by atoms with Gasteiger partial charge in [-0.1, -0.05) is 109 Å². The maximum Gasteiger partial charge on any atom is 0.0377 e. The Morgan fingerprint density at radius 2 is 1.00 bits per heavy atom. The Kier molecular flexibility index (Phi) is 15.6. The molecule has 0 N–H and O–H groups in total. The predicted molar refractivity (Wildman–Crippen MR) is 207 cm³/mol. The molecule has 0 radical (unpaired) electrons. The first-order chi connectivity index (χ1) is 22.7. The van der Waals surface area contributed by atoms with Gasteiger partial charge in [-0.3, -0.25) is 0 Å². The van der Waals surface area contributed by atoms with E-state index < -0.39 is 0 Å². The summed E-state index contributed by atoms with van der Waals surface area (Å²) in [6, 6.07) is 28.0. The molecule has 4 saturated carbocycles. The van der Waals surface area contributed by atoms with Crippen LogP contribution in [0.4, 0.5) is 0 Å². The standard InChI is InChI=1S/C38H58NP2.C5H5.Fe/c1-39(2)38(35-27-17-29-37(35)41(32-22-11-5-12-23-32)33-24-13-6-14-25-33)34-26-15-16-28-36(34)40(30-18-7-3-8-19-30)31-20-9-4-10-21-31;1-2-4-5-3-1;/h15-17,26-33,38H,3-14,18-25H2,1-2H3;1-5H;/q-1;-5;. The van der Waals surface area contributed by atoms with Crippen LogP contribution in [-0.4, -0.2) is 41.6 Å². The molecule has 0 heterocycles. The summed E-state index contributed by atoms with van der Waals surface area (Å²) in [7, 11) is 4.55. The Bertz CT molecular complexity index is 1190. The molecule has 0 spiro atoms. The van der Waals surface area contributed by atoms with Gasteiger partial charge >= 0.3 is 0 Å². The molecule has 4 heteroatoms. The van der Waals surface area contributed by atoms with Crippen LogP contribution >= 0.6 is 15.8 Å². The summed E-state index contributed by atoms with van der Waals surface area (Å²) in [5, 5.41) is 3.61. The third kappa shape index (κ3) is 9.74. The average Bonchev–Trinajstić information content (AvgIpc) is 3.85. The molecule has 0 amide bonds. The van der Waals surface area contributed by atoms with Crippen molar-refractivity contribution in [1.29, 1.82) is 0 Å². The molecule has 7 rings (SSSR count). The van der Waals surface area contributed by atoms with Crippen LogP contribution in [0, 0.1) is 0 Å². The SMILES string of the molecule is CN(C)C(c1ccccc1P(C1CCCCC1)C1CCCCC1)c1ccc[c-]1P(C1CCCCC1)C1CCCCC1.[Fe].[cH-]1[cH-][cH-][cH-][cH-]1. The van der Waals surface area contributed by atoms with Gasteiger partial charge in [0.1, 0.15) is 0 Å². The van der Waals surface area contributed by atoms with E-state index in [9.17, 15) is 0 Å². The fraction of sp³-hybridized carbons (Fsp3) is 0.628. The van der Waals surface area contributed by atoms with Gasteiger partial charge < -0.3 is 35.2 Å². The van der Waals surface area contributed by atoms with Crippen LogP contribution in [0.1, 0.15) is 146 Å². The monoisotopic (exact) mass is 711 g/mol. The molecule has 0 aliphatic heterocycles. The van der Waals surface area contributed by atoms with Gasteiger partial charge in [-0.05, 0) is 99.0 Å². The third-order valence-electron chi connectivity index (χ3n) is 11.9. The molecule has 4 aliphatic rings. The number of hydrogen-bond donors (Lipinski definition) is 0. The van der Waals surface area contributed by atoms with Gasteiger partial charge in [0.25, 0.3) is 0 Å². The van der Waals surface area contributed by atoms with Crippen molar-refractivity contribution in [3.8, 4) is 0 Å². The molecule has 1 unspecified atom stereocenters. The van der Waals surface area contributed by atoms with E-state index >= 15 is 0 Å². The summed E-state index contributed by atoms with van der Waals surface area (Å²) < 4.78 is 0. The maximum atomic E-state index is 2.62. The van der Waals surface area contributed by atoms with Crippen LogP contribution in [0.15, 0.2) is 72.8 Å². The van der Waals surface area contributed by atoms with E-state index in [1.807, 2.05) is 35.6 Å². The molecule has 1 nitrogen and oxygen atoms in total. The topological polar surface area (TPSA) is 3.24 Å². The van der Waals surface area contributed by atoms with Crippen molar-refractivity contribution in [3.63, 3.8) is 0 Å². The predicted octanol–water partition coefficient (Wildman–Crippen LogP) is 12.0. The van der Waals surface area contributed by atoms with Crippen molar-refractivity contribution in [3.05, 3.63) is 83.9 Å². The first kappa shape index (κ1) is 37.5. The molecule has 0 saturated heterocycles. The number of nitrogens with zero attached hydrogens (tertiary/aromatic N) is 1. The van der Waals surface area contributed by atoms with E-state index in [4.69, 9.17) is 0 Å². The van der Waals surface area contributed by atoms with Crippen LogP contribution in [0.25, 0.3) is 0 Å². The van der Waals surface area contributed by atoms with Crippen molar-refractivity contribution in [1.82, 2.24) is 4.90 Å². The number of rotatable bonds is 9. The first-order valence-corrected chi connectivity index (χ1v) is 22.4. The largest absolute Gasteiger partial charge is 0.748 e. The smallest absolute Gasteiger partial charge is 0.0377 e. The fourth-order valence-corrected chi connectivity index (χ4v) is 17.7. The Morgan fingerprint density at radius 1 is 0.574 bits per heavy atom. The van der Waals surface area contributed by atoms with E-state index in [0.717, 1.165) is 22.6 Å². The summed E-state index contributed by atoms with van der Waals surface area (Å²) in [5.74, 6) is 0. The first-order valence-electron chi connectivity index (χ1n) is 19.5. The Labute approximate surface area is 302 Å². The quantitative estimate of drug-likeness (QED) is 0.121. The normalized spacial score (nSPS) is 21.4. The second kappa shape index (κ2) is 19.6. The average molecular weight is 712 g/mol. The van der Waals surface area contributed by atoms with Gasteiger partial charge in [0, 0.05) is 23.1 Å². The van der Waals surface area contributed by atoms with Crippen molar-refractivity contribution >= 4 is 26.5 Å². The van der Waals surface area contributed by atoms with Crippen molar-refractivity contribution in [2.75, 3.05) is 14.1 Å². The maximum absolute atomic E-state index is 2.62. The Hall–Kier alpha value is -0.741. The van der Waals surface area contributed by atoms with E-state index in [2.05, 4.69) is 61.5 Å². The Balaban J connectivity index is 0.000000662. The molecule has 0 aromatic heterocycles. The molecular weight excluding hydrogens is 648 g/mol. The molecule has 1 atom stereocenters. The van der Waals surface area contributed by atoms with Crippen molar-refractivity contribution in [2.24, 2.45) is 0 Å². The third-order valence-corrected chi connectivity index (χ3v) is 19.0. The Morgan fingerprint density at radius 3 is 1.45 bits per heavy atom. The van der Waals surface area contributed by atoms with Gasteiger partial charge in [-0.15, -0.1) is 18.8 Å². The zero-order valence-corrected chi connectivity index (χ0v) is 32.5. The molecule has 47 heavy (non-hydrogen) atoms. The van der Waals surface area contributed by atoms with Gasteiger partial charge in [0.15, 0.2) is 0 Å². The molecule has 0 bridgehead atoms. The molecular formula is C43H63FeNP2-6. The van der Waals surface area contributed by atoms with Crippen LogP contribution < -0.4 is 10.6 Å². The van der Waals surface area contributed by atoms with Crippen molar-refractivity contribution in [2.45, 2.75) is 157 Å². The summed E-state index contributed by atoms with van der Waals surface area (Å²) in [4.78, 5) is 2.60. The van der Waals surface area contributed by atoms with Gasteiger partial charge in [0.05, 0.1) is 0 Å². The van der Waals surface area contributed by atoms with Crippen LogP contribution in [0.2, 0.25) is 0 Å². The second-order valence-corrected chi connectivity index (χ2v) is 20.7. The van der Waals surface area contributed by atoms with E-state index in [0.29, 0.717) is 6.04 Å². The molecule has 3 aromatic carbocycles. The van der Waals surface area contributed by atoms with E-state index in [1.54, 1.807) is 16.4 Å². The minimum atomic E-state index is -0.117. The second-order valence-electron chi connectivity index (χ2n) is 15.2. The van der Waals surface area contributed by atoms with Crippen molar-refractivity contribution < 1.29 is 17.1 Å². The van der Waals surface area contributed by atoms with Crippen LogP contribution in [0.3, 0.4) is 0 Å². The van der Waals surface area contributed by atoms with E-state index in [-0.39, 0.29) is 32.9 Å². The zero-order valence-electron chi connectivity index (χ0n) is 29.7. The summed E-state index contributed by atoms with van der Waals surface area (Å²) in [5.41, 5.74) is 7.18. The fourth-order valence-electron chi connectivity index (χ4n) is 9.71. The minimum Gasteiger partial charge on any atom is -0.748 e.